The van der Waals surface area contributed by atoms with Crippen molar-refractivity contribution in [2.45, 2.75) is 18.9 Å². The van der Waals surface area contributed by atoms with E-state index in [1.54, 1.807) is 16.8 Å². The number of piperidine rings is 1. The first-order chi connectivity index (χ1) is 12.1. The van der Waals surface area contributed by atoms with Gasteiger partial charge in [0.05, 0.1) is 22.6 Å². The Kier molecular flexibility index (Phi) is 4.21. The van der Waals surface area contributed by atoms with Crippen molar-refractivity contribution < 1.29 is 4.39 Å². The van der Waals surface area contributed by atoms with Gasteiger partial charge in [-0.25, -0.2) is 4.39 Å². The topological polar surface area (TPSA) is 46.0 Å². The Morgan fingerprint density at radius 3 is 3.00 bits per heavy atom. The summed E-state index contributed by atoms with van der Waals surface area (Å²) in [7, 11) is 1.91. The van der Waals surface area contributed by atoms with E-state index in [0.29, 0.717) is 21.6 Å². The molecule has 4 rings (SSSR count). The minimum atomic E-state index is -0.349. The zero-order valence-electron chi connectivity index (χ0n) is 13.9. The van der Waals surface area contributed by atoms with Crippen LogP contribution in [0.4, 0.5) is 15.8 Å². The smallest absolute Gasteiger partial charge is 0.172 e. The normalized spacial score (nSPS) is 17.9. The van der Waals surface area contributed by atoms with E-state index in [9.17, 15) is 4.39 Å². The van der Waals surface area contributed by atoms with Gasteiger partial charge in [-0.15, -0.1) is 0 Å². The molecule has 1 aliphatic heterocycles. The summed E-state index contributed by atoms with van der Waals surface area (Å²) >= 11 is 6.12. The fraction of sp³-hybridized carbons (Fsp3) is 0.333. The summed E-state index contributed by atoms with van der Waals surface area (Å²) in [6, 6.07) is 5.40. The maximum absolute atomic E-state index is 14.8. The first-order valence-electron chi connectivity index (χ1n) is 8.34. The quantitative estimate of drug-likeness (QED) is 0.771. The van der Waals surface area contributed by atoms with Gasteiger partial charge in [0.2, 0.25) is 0 Å². The fourth-order valence-corrected chi connectivity index (χ4v) is 3.59. The van der Waals surface area contributed by atoms with Crippen LogP contribution in [0, 0.1) is 5.82 Å². The van der Waals surface area contributed by atoms with E-state index in [4.69, 9.17) is 11.6 Å². The summed E-state index contributed by atoms with van der Waals surface area (Å²) in [6.45, 7) is 1.80. The van der Waals surface area contributed by atoms with Crippen LogP contribution in [0.3, 0.4) is 0 Å². The molecule has 130 valence electrons. The molecule has 2 aromatic heterocycles. The van der Waals surface area contributed by atoms with E-state index in [0.717, 1.165) is 31.6 Å². The molecule has 0 aliphatic carbocycles. The van der Waals surface area contributed by atoms with Crippen LogP contribution in [-0.2, 0) is 7.05 Å². The maximum atomic E-state index is 14.8. The molecule has 0 spiro atoms. The molecular formula is C18H19ClFN5. The standard InChI is InChI=1S/C18H19ClFN5/c1-24-11-13(9-22-24)25-8-2-3-12(10-25)23-16-5-4-14-15(19)6-7-21-18(14)17(16)20/h4-7,9,11-12,23H,2-3,8,10H2,1H3. The van der Waals surface area contributed by atoms with Crippen LogP contribution in [0.1, 0.15) is 12.8 Å². The monoisotopic (exact) mass is 359 g/mol. The van der Waals surface area contributed by atoms with E-state index in [-0.39, 0.29) is 11.9 Å². The first-order valence-corrected chi connectivity index (χ1v) is 8.72. The number of fused-ring (bicyclic) bond motifs is 1. The Balaban J connectivity index is 1.55. The average Bonchev–Trinajstić information content (AvgIpc) is 3.05. The largest absolute Gasteiger partial charge is 0.378 e. The minimum absolute atomic E-state index is 0.167. The highest BCUT2D eigenvalue weighted by molar-refractivity contribution is 6.35. The fourth-order valence-electron chi connectivity index (χ4n) is 3.38. The molecule has 3 aromatic rings. The van der Waals surface area contributed by atoms with Gasteiger partial charge >= 0.3 is 0 Å². The van der Waals surface area contributed by atoms with Gasteiger partial charge in [0.1, 0.15) is 5.52 Å². The van der Waals surface area contributed by atoms with Gasteiger partial charge in [0.15, 0.2) is 5.82 Å². The maximum Gasteiger partial charge on any atom is 0.172 e. The predicted octanol–water partition coefficient (Wildman–Crippen LogP) is 3.84. The van der Waals surface area contributed by atoms with Crippen LogP contribution in [0.5, 0.6) is 0 Å². The number of halogens is 2. The van der Waals surface area contributed by atoms with Crippen molar-refractivity contribution in [1.29, 1.82) is 0 Å². The molecule has 0 saturated carbocycles. The predicted molar refractivity (Wildman–Crippen MR) is 98.8 cm³/mol. The molecular weight excluding hydrogens is 341 g/mol. The molecule has 3 heterocycles. The van der Waals surface area contributed by atoms with E-state index in [1.807, 2.05) is 25.5 Å². The summed E-state index contributed by atoms with van der Waals surface area (Å²) < 4.78 is 16.6. The van der Waals surface area contributed by atoms with E-state index in [2.05, 4.69) is 20.3 Å². The summed E-state index contributed by atoms with van der Waals surface area (Å²) in [6.07, 6.45) is 7.45. The number of hydrogen-bond acceptors (Lipinski definition) is 4. The Bertz CT molecular complexity index is 910. The van der Waals surface area contributed by atoms with Crippen molar-refractivity contribution in [2.75, 3.05) is 23.3 Å². The Hall–Kier alpha value is -2.34. The molecule has 0 amide bonds. The van der Waals surface area contributed by atoms with Crippen molar-refractivity contribution in [3.8, 4) is 0 Å². The zero-order chi connectivity index (χ0) is 17.4. The molecule has 1 atom stereocenters. The summed E-state index contributed by atoms with van der Waals surface area (Å²) in [5.74, 6) is -0.349. The number of anilines is 2. The number of pyridine rings is 1. The molecule has 1 saturated heterocycles. The molecule has 1 fully saturated rings. The second kappa shape index (κ2) is 6.52. The van der Waals surface area contributed by atoms with Crippen LogP contribution in [0.25, 0.3) is 10.9 Å². The van der Waals surface area contributed by atoms with Gasteiger partial charge in [-0.3, -0.25) is 9.67 Å². The summed E-state index contributed by atoms with van der Waals surface area (Å²) in [4.78, 5) is 6.42. The molecule has 1 aliphatic rings. The molecule has 1 aromatic carbocycles. The number of benzene rings is 1. The molecule has 25 heavy (non-hydrogen) atoms. The third-order valence-electron chi connectivity index (χ3n) is 4.64. The zero-order valence-corrected chi connectivity index (χ0v) is 14.7. The Labute approximate surface area is 150 Å². The molecule has 0 bridgehead atoms. The van der Waals surface area contributed by atoms with Crippen molar-refractivity contribution in [3.63, 3.8) is 0 Å². The summed E-state index contributed by atoms with van der Waals surface area (Å²) in [5, 5.41) is 8.71. The van der Waals surface area contributed by atoms with Crippen LogP contribution < -0.4 is 10.2 Å². The number of aryl methyl sites for hydroxylation is 1. The molecule has 1 unspecified atom stereocenters. The van der Waals surface area contributed by atoms with Gasteiger partial charge in [-0.1, -0.05) is 11.6 Å². The Morgan fingerprint density at radius 1 is 1.32 bits per heavy atom. The van der Waals surface area contributed by atoms with Gasteiger partial charge in [0, 0.05) is 44.0 Å². The number of aromatic nitrogens is 3. The van der Waals surface area contributed by atoms with E-state index < -0.39 is 0 Å². The van der Waals surface area contributed by atoms with Gasteiger partial charge in [-0.05, 0) is 31.0 Å². The summed E-state index contributed by atoms with van der Waals surface area (Å²) in [5.41, 5.74) is 1.87. The van der Waals surface area contributed by atoms with Crippen LogP contribution in [0.15, 0.2) is 36.8 Å². The first kappa shape index (κ1) is 16.1. The van der Waals surface area contributed by atoms with Crippen LogP contribution in [0.2, 0.25) is 5.02 Å². The highest BCUT2D eigenvalue weighted by atomic mass is 35.5. The lowest BCUT2D eigenvalue weighted by Gasteiger charge is -2.34. The highest BCUT2D eigenvalue weighted by Crippen LogP contribution is 2.29. The van der Waals surface area contributed by atoms with E-state index >= 15 is 0 Å². The molecule has 1 N–H and O–H groups in total. The van der Waals surface area contributed by atoms with Crippen LogP contribution >= 0.6 is 11.6 Å². The van der Waals surface area contributed by atoms with Crippen LogP contribution in [-0.4, -0.2) is 33.9 Å². The van der Waals surface area contributed by atoms with Gasteiger partial charge < -0.3 is 10.2 Å². The second-order valence-electron chi connectivity index (χ2n) is 6.42. The molecule has 0 radical (unpaired) electrons. The lowest BCUT2D eigenvalue weighted by molar-refractivity contribution is 0.526. The third-order valence-corrected chi connectivity index (χ3v) is 4.96. The second-order valence-corrected chi connectivity index (χ2v) is 6.82. The number of hydrogen-bond donors (Lipinski definition) is 1. The molecule has 5 nitrogen and oxygen atoms in total. The lowest BCUT2D eigenvalue weighted by Crippen LogP contribution is -2.42. The van der Waals surface area contributed by atoms with Gasteiger partial charge in [0.25, 0.3) is 0 Å². The van der Waals surface area contributed by atoms with Crippen molar-refractivity contribution in [2.24, 2.45) is 7.05 Å². The van der Waals surface area contributed by atoms with Crippen molar-refractivity contribution in [1.82, 2.24) is 14.8 Å². The van der Waals surface area contributed by atoms with E-state index in [1.165, 1.54) is 6.20 Å². The third kappa shape index (κ3) is 3.14. The number of nitrogens with zero attached hydrogens (tertiary/aromatic N) is 4. The van der Waals surface area contributed by atoms with Crippen molar-refractivity contribution >= 4 is 33.9 Å². The minimum Gasteiger partial charge on any atom is -0.378 e. The Morgan fingerprint density at radius 2 is 2.20 bits per heavy atom. The molecule has 7 heteroatoms. The van der Waals surface area contributed by atoms with Crippen molar-refractivity contribution in [3.05, 3.63) is 47.6 Å². The van der Waals surface area contributed by atoms with Gasteiger partial charge in [-0.2, -0.15) is 5.10 Å². The lowest BCUT2D eigenvalue weighted by atomic mass is 10.0. The number of nitrogens with one attached hydrogen (secondary N) is 1. The number of rotatable bonds is 3. The highest BCUT2D eigenvalue weighted by Gasteiger charge is 2.22. The SMILES string of the molecule is Cn1cc(N2CCCC(Nc3ccc4c(Cl)ccnc4c3F)C2)cn1. The average molecular weight is 360 g/mol.